The number of para-hydroxylation sites is 1. The molecule has 4 nitrogen and oxygen atoms in total. The molecule has 1 aromatic carbocycles. The first-order valence-corrected chi connectivity index (χ1v) is 8.89. The highest BCUT2D eigenvalue weighted by atomic mass is 32.1. The molecule has 0 unspecified atom stereocenters. The van der Waals surface area contributed by atoms with Gasteiger partial charge < -0.3 is 9.64 Å². The van der Waals surface area contributed by atoms with Crippen LogP contribution >= 0.6 is 11.3 Å². The SMILES string of the molecule is C=CCN(Cc1ccccc1OCC)C(=O)Cc1nc(C)sc1C. The highest BCUT2D eigenvalue weighted by molar-refractivity contribution is 7.11. The van der Waals surface area contributed by atoms with E-state index in [1.807, 2.05) is 45.0 Å². The molecule has 0 atom stereocenters. The van der Waals surface area contributed by atoms with Crippen LogP contribution in [0.2, 0.25) is 0 Å². The minimum Gasteiger partial charge on any atom is -0.494 e. The van der Waals surface area contributed by atoms with Crippen LogP contribution in [0.3, 0.4) is 0 Å². The van der Waals surface area contributed by atoms with Crippen LogP contribution in [-0.2, 0) is 17.8 Å². The molecule has 0 fully saturated rings. The Hall–Kier alpha value is -2.14. The summed E-state index contributed by atoms with van der Waals surface area (Å²) < 4.78 is 5.66. The molecule has 0 saturated heterocycles. The zero-order valence-electron chi connectivity index (χ0n) is 14.5. The first kappa shape index (κ1) is 18.2. The molecule has 0 aliphatic rings. The topological polar surface area (TPSA) is 42.4 Å². The number of carbonyl (C=O) groups is 1. The van der Waals surface area contributed by atoms with E-state index in [-0.39, 0.29) is 5.91 Å². The van der Waals surface area contributed by atoms with Crippen LogP contribution in [0.25, 0.3) is 0 Å². The Morgan fingerprint density at radius 1 is 1.38 bits per heavy atom. The van der Waals surface area contributed by atoms with Crippen LogP contribution in [-0.4, -0.2) is 28.9 Å². The third-order valence-electron chi connectivity index (χ3n) is 3.65. The van der Waals surface area contributed by atoms with Crippen molar-refractivity contribution in [2.24, 2.45) is 0 Å². The van der Waals surface area contributed by atoms with Crippen molar-refractivity contribution in [3.05, 3.63) is 58.1 Å². The van der Waals surface area contributed by atoms with Crippen molar-refractivity contribution < 1.29 is 9.53 Å². The predicted molar refractivity (Wildman–Crippen MR) is 98.5 cm³/mol. The number of hydrogen-bond donors (Lipinski definition) is 0. The van der Waals surface area contributed by atoms with E-state index in [0.29, 0.717) is 26.1 Å². The van der Waals surface area contributed by atoms with Crippen molar-refractivity contribution in [1.82, 2.24) is 9.88 Å². The molecule has 0 radical (unpaired) electrons. The molecule has 1 aromatic heterocycles. The number of thiazole rings is 1. The normalized spacial score (nSPS) is 10.5. The van der Waals surface area contributed by atoms with Gasteiger partial charge in [-0.05, 0) is 26.8 Å². The number of hydrogen-bond acceptors (Lipinski definition) is 4. The van der Waals surface area contributed by atoms with E-state index < -0.39 is 0 Å². The molecule has 128 valence electrons. The maximum absolute atomic E-state index is 12.7. The van der Waals surface area contributed by atoms with Crippen molar-refractivity contribution in [2.75, 3.05) is 13.2 Å². The van der Waals surface area contributed by atoms with Gasteiger partial charge in [0.05, 0.1) is 23.7 Å². The monoisotopic (exact) mass is 344 g/mol. The Labute approximate surface area is 147 Å². The molecule has 0 bridgehead atoms. The predicted octanol–water partition coefficient (Wildman–Crippen LogP) is 3.92. The summed E-state index contributed by atoms with van der Waals surface area (Å²) >= 11 is 1.63. The summed E-state index contributed by atoms with van der Waals surface area (Å²) in [7, 11) is 0. The first-order valence-electron chi connectivity index (χ1n) is 8.07. The molecular weight excluding hydrogens is 320 g/mol. The van der Waals surface area contributed by atoms with E-state index in [1.54, 1.807) is 22.3 Å². The summed E-state index contributed by atoms with van der Waals surface area (Å²) in [6.07, 6.45) is 2.07. The summed E-state index contributed by atoms with van der Waals surface area (Å²) in [4.78, 5) is 20.1. The zero-order chi connectivity index (χ0) is 17.5. The van der Waals surface area contributed by atoms with Crippen LogP contribution in [0, 0.1) is 13.8 Å². The molecule has 24 heavy (non-hydrogen) atoms. The summed E-state index contributed by atoms with van der Waals surface area (Å²) in [5.74, 6) is 0.872. The lowest BCUT2D eigenvalue weighted by Gasteiger charge is -2.22. The minimum absolute atomic E-state index is 0.0506. The maximum atomic E-state index is 12.7. The van der Waals surface area contributed by atoms with Gasteiger partial charge in [0.15, 0.2) is 0 Å². The fourth-order valence-corrected chi connectivity index (χ4v) is 3.37. The zero-order valence-corrected chi connectivity index (χ0v) is 15.4. The van der Waals surface area contributed by atoms with Gasteiger partial charge in [-0.1, -0.05) is 24.3 Å². The molecular formula is C19H24N2O2S. The van der Waals surface area contributed by atoms with Gasteiger partial charge in [-0.2, -0.15) is 0 Å². The lowest BCUT2D eigenvalue weighted by atomic mass is 10.1. The number of aromatic nitrogens is 1. The number of ether oxygens (including phenoxy) is 1. The molecule has 1 amide bonds. The first-order chi connectivity index (χ1) is 11.5. The average Bonchev–Trinajstić information content (AvgIpc) is 2.86. The molecule has 0 spiro atoms. The van der Waals surface area contributed by atoms with E-state index in [2.05, 4.69) is 11.6 Å². The second-order valence-electron chi connectivity index (χ2n) is 5.52. The van der Waals surface area contributed by atoms with Crippen LogP contribution in [0.5, 0.6) is 5.75 Å². The van der Waals surface area contributed by atoms with Crippen molar-refractivity contribution in [1.29, 1.82) is 0 Å². The van der Waals surface area contributed by atoms with Gasteiger partial charge in [0, 0.05) is 23.5 Å². The van der Waals surface area contributed by atoms with Gasteiger partial charge in [-0.3, -0.25) is 4.79 Å². The van der Waals surface area contributed by atoms with E-state index in [0.717, 1.165) is 26.9 Å². The standard InChI is InChI=1S/C19H24N2O2S/c1-5-11-21(13-16-9-7-8-10-18(16)23-6-2)19(22)12-17-14(3)24-15(4)20-17/h5,7-10H,1,6,11-13H2,2-4H3. The number of amides is 1. The smallest absolute Gasteiger partial charge is 0.229 e. The number of benzene rings is 1. The van der Waals surface area contributed by atoms with Gasteiger partial charge in [-0.15, -0.1) is 17.9 Å². The largest absolute Gasteiger partial charge is 0.494 e. The molecule has 2 aromatic rings. The summed E-state index contributed by atoms with van der Waals surface area (Å²) in [5, 5.41) is 0.993. The van der Waals surface area contributed by atoms with Crippen LogP contribution in [0.1, 0.15) is 28.1 Å². The minimum atomic E-state index is 0.0506. The Kier molecular flexibility index (Phi) is 6.55. The average molecular weight is 344 g/mol. The highest BCUT2D eigenvalue weighted by Crippen LogP contribution is 2.21. The fraction of sp³-hybridized carbons (Fsp3) is 0.368. The molecule has 0 N–H and O–H groups in total. The Balaban J connectivity index is 2.15. The van der Waals surface area contributed by atoms with E-state index in [9.17, 15) is 4.79 Å². The van der Waals surface area contributed by atoms with Gasteiger partial charge in [0.1, 0.15) is 5.75 Å². The van der Waals surface area contributed by atoms with E-state index >= 15 is 0 Å². The van der Waals surface area contributed by atoms with Gasteiger partial charge in [-0.25, -0.2) is 4.98 Å². The third-order valence-corrected chi connectivity index (χ3v) is 4.58. The van der Waals surface area contributed by atoms with Gasteiger partial charge >= 0.3 is 0 Å². The molecule has 0 aliphatic carbocycles. The van der Waals surface area contributed by atoms with Crippen molar-refractivity contribution in [3.63, 3.8) is 0 Å². The van der Waals surface area contributed by atoms with E-state index in [1.165, 1.54) is 0 Å². The second kappa shape index (κ2) is 8.64. The van der Waals surface area contributed by atoms with Crippen LogP contribution < -0.4 is 4.74 Å². The number of nitrogens with zero attached hydrogens (tertiary/aromatic N) is 2. The van der Waals surface area contributed by atoms with Gasteiger partial charge in [0.2, 0.25) is 5.91 Å². The van der Waals surface area contributed by atoms with Gasteiger partial charge in [0.25, 0.3) is 0 Å². The summed E-state index contributed by atoms with van der Waals surface area (Å²) in [6.45, 7) is 11.3. The highest BCUT2D eigenvalue weighted by Gasteiger charge is 2.18. The van der Waals surface area contributed by atoms with Crippen molar-refractivity contribution in [3.8, 4) is 5.75 Å². The van der Waals surface area contributed by atoms with Crippen LogP contribution in [0.15, 0.2) is 36.9 Å². The second-order valence-corrected chi connectivity index (χ2v) is 6.92. The number of aryl methyl sites for hydroxylation is 2. The number of carbonyl (C=O) groups excluding carboxylic acids is 1. The maximum Gasteiger partial charge on any atom is 0.229 e. The lowest BCUT2D eigenvalue weighted by Crippen LogP contribution is -2.32. The Morgan fingerprint density at radius 3 is 2.75 bits per heavy atom. The fourth-order valence-electron chi connectivity index (χ4n) is 2.54. The lowest BCUT2D eigenvalue weighted by molar-refractivity contribution is -0.130. The molecule has 0 aliphatic heterocycles. The summed E-state index contributed by atoms with van der Waals surface area (Å²) in [6, 6.07) is 7.83. The molecule has 1 heterocycles. The molecule has 5 heteroatoms. The molecule has 2 rings (SSSR count). The molecule has 0 saturated carbocycles. The summed E-state index contributed by atoms with van der Waals surface area (Å²) in [5.41, 5.74) is 1.87. The quantitative estimate of drug-likeness (QED) is 0.682. The van der Waals surface area contributed by atoms with E-state index in [4.69, 9.17) is 4.74 Å². The van der Waals surface area contributed by atoms with Crippen LogP contribution in [0.4, 0.5) is 0 Å². The van der Waals surface area contributed by atoms with Crippen molar-refractivity contribution >= 4 is 17.2 Å². The number of rotatable bonds is 8. The van der Waals surface area contributed by atoms with Crippen molar-refractivity contribution in [2.45, 2.75) is 33.7 Å². The Bertz CT molecular complexity index is 709. The third kappa shape index (κ3) is 4.68. The Morgan fingerprint density at radius 2 is 2.12 bits per heavy atom.